The number of carbonyl (C=O) groups excluding carboxylic acids is 2. The maximum Gasteiger partial charge on any atom is 0.343 e. The molecule has 0 bridgehead atoms. The number of Topliss-reactive ketones (excluding diaryl/α,β-unsaturated/α-hetero) is 1. The van der Waals surface area contributed by atoms with Gasteiger partial charge in [0.25, 0.3) is 0 Å². The van der Waals surface area contributed by atoms with Crippen LogP contribution in [0.3, 0.4) is 0 Å². The summed E-state index contributed by atoms with van der Waals surface area (Å²) in [4.78, 5) is 25.0. The average Bonchev–Trinajstić information content (AvgIpc) is 2.95. The summed E-state index contributed by atoms with van der Waals surface area (Å²) in [6.07, 6.45) is 0.132. The highest BCUT2D eigenvalue weighted by atomic mass is 16.5. The van der Waals surface area contributed by atoms with Crippen LogP contribution in [0.1, 0.15) is 83.5 Å². The van der Waals surface area contributed by atoms with E-state index in [9.17, 15) is 9.59 Å². The van der Waals surface area contributed by atoms with Crippen molar-refractivity contribution in [3.05, 3.63) is 118 Å². The van der Waals surface area contributed by atoms with Crippen LogP contribution in [0.25, 0.3) is 0 Å². The van der Waals surface area contributed by atoms with Gasteiger partial charge in [0.15, 0.2) is 5.78 Å². The normalized spacial score (nSPS) is 11.8. The first-order valence-corrected chi connectivity index (χ1v) is 14.0. The third-order valence-electron chi connectivity index (χ3n) is 6.95. The molecule has 0 saturated carbocycles. The standard InChI is InChI=1S/C36H38O5/c1-22(2)35(37)27-8-14-31(15-9-27)40-32-16-10-28(11-17-32)36(38)41-34-19-13-30(21-25(34)6)26(7)29-12-18-33(24(5)20-29)39-23(3)4/h8-23,26H,1-7H3. The van der Waals surface area contributed by atoms with Crippen LogP contribution in [-0.4, -0.2) is 17.9 Å². The van der Waals surface area contributed by atoms with Crippen LogP contribution in [0.5, 0.6) is 23.0 Å². The molecule has 0 fully saturated rings. The van der Waals surface area contributed by atoms with Gasteiger partial charge in [-0.05, 0) is 111 Å². The van der Waals surface area contributed by atoms with Gasteiger partial charge in [-0.2, -0.15) is 0 Å². The maximum atomic E-state index is 12.9. The van der Waals surface area contributed by atoms with Crippen LogP contribution in [0.2, 0.25) is 0 Å². The van der Waals surface area contributed by atoms with Crippen LogP contribution in [-0.2, 0) is 0 Å². The molecule has 5 heteroatoms. The number of carbonyl (C=O) groups is 2. The fourth-order valence-corrected chi connectivity index (χ4v) is 4.55. The predicted octanol–water partition coefficient (Wildman–Crippen LogP) is 9.09. The molecular formula is C36H38O5. The number of aryl methyl sites for hydroxylation is 2. The van der Waals surface area contributed by atoms with Crippen LogP contribution >= 0.6 is 0 Å². The lowest BCUT2D eigenvalue weighted by Gasteiger charge is -2.18. The van der Waals surface area contributed by atoms with Crippen molar-refractivity contribution in [1.29, 1.82) is 0 Å². The molecule has 5 nitrogen and oxygen atoms in total. The van der Waals surface area contributed by atoms with Crippen LogP contribution < -0.4 is 14.2 Å². The molecule has 4 rings (SSSR count). The van der Waals surface area contributed by atoms with E-state index >= 15 is 0 Å². The molecule has 0 aromatic heterocycles. The van der Waals surface area contributed by atoms with E-state index < -0.39 is 5.97 Å². The minimum absolute atomic E-state index is 0.0583. The lowest BCUT2D eigenvalue weighted by atomic mass is 9.91. The van der Waals surface area contributed by atoms with Gasteiger partial charge in [0.1, 0.15) is 23.0 Å². The monoisotopic (exact) mass is 550 g/mol. The van der Waals surface area contributed by atoms with Crippen molar-refractivity contribution in [3.63, 3.8) is 0 Å². The molecule has 0 aliphatic rings. The first-order valence-electron chi connectivity index (χ1n) is 14.0. The third-order valence-corrected chi connectivity index (χ3v) is 6.95. The number of benzene rings is 4. The van der Waals surface area contributed by atoms with E-state index in [0.717, 1.165) is 22.4 Å². The van der Waals surface area contributed by atoms with Gasteiger partial charge in [0.2, 0.25) is 0 Å². The van der Waals surface area contributed by atoms with Crippen LogP contribution in [0.4, 0.5) is 0 Å². The molecular weight excluding hydrogens is 512 g/mol. The molecule has 0 aliphatic heterocycles. The van der Waals surface area contributed by atoms with Gasteiger partial charge in [-0.3, -0.25) is 4.79 Å². The number of ether oxygens (including phenoxy) is 3. The molecule has 0 heterocycles. The van der Waals surface area contributed by atoms with E-state index in [-0.39, 0.29) is 23.7 Å². The highest BCUT2D eigenvalue weighted by Crippen LogP contribution is 2.32. The van der Waals surface area contributed by atoms with Gasteiger partial charge < -0.3 is 14.2 Å². The summed E-state index contributed by atoms with van der Waals surface area (Å²) in [7, 11) is 0. The zero-order valence-electron chi connectivity index (χ0n) is 24.9. The van der Waals surface area contributed by atoms with Gasteiger partial charge in [-0.1, -0.05) is 45.0 Å². The Balaban J connectivity index is 1.39. The van der Waals surface area contributed by atoms with E-state index in [1.54, 1.807) is 48.5 Å². The summed E-state index contributed by atoms with van der Waals surface area (Å²) in [6.45, 7) is 14.0. The second-order valence-corrected chi connectivity index (χ2v) is 11.0. The maximum absolute atomic E-state index is 12.9. The predicted molar refractivity (Wildman–Crippen MR) is 163 cm³/mol. The zero-order valence-corrected chi connectivity index (χ0v) is 24.9. The average molecular weight is 551 g/mol. The minimum Gasteiger partial charge on any atom is -0.491 e. The summed E-state index contributed by atoms with van der Waals surface area (Å²) >= 11 is 0. The smallest absolute Gasteiger partial charge is 0.343 e. The molecule has 0 saturated heterocycles. The quantitative estimate of drug-likeness (QED) is 0.112. The summed E-state index contributed by atoms with van der Waals surface area (Å²) < 4.78 is 17.5. The van der Waals surface area contributed by atoms with Crippen LogP contribution in [0.15, 0.2) is 84.9 Å². The van der Waals surface area contributed by atoms with Crippen molar-refractivity contribution in [1.82, 2.24) is 0 Å². The Morgan fingerprint density at radius 1 is 0.610 bits per heavy atom. The Morgan fingerprint density at radius 2 is 1.10 bits per heavy atom. The molecule has 212 valence electrons. The van der Waals surface area contributed by atoms with Gasteiger partial charge in [0, 0.05) is 17.4 Å². The summed E-state index contributed by atoms with van der Waals surface area (Å²) in [5.41, 5.74) is 5.42. The number of hydrogen-bond donors (Lipinski definition) is 0. The fraction of sp³-hybridized carbons (Fsp3) is 0.278. The van der Waals surface area contributed by atoms with Gasteiger partial charge in [-0.15, -0.1) is 0 Å². The van der Waals surface area contributed by atoms with Crippen molar-refractivity contribution in [2.75, 3.05) is 0 Å². The van der Waals surface area contributed by atoms with E-state index in [1.807, 2.05) is 52.8 Å². The van der Waals surface area contributed by atoms with Crippen molar-refractivity contribution in [3.8, 4) is 23.0 Å². The second-order valence-electron chi connectivity index (χ2n) is 11.0. The third kappa shape index (κ3) is 7.43. The zero-order chi connectivity index (χ0) is 29.7. The van der Waals surface area contributed by atoms with E-state index in [0.29, 0.717) is 28.4 Å². The molecule has 1 atom stereocenters. The van der Waals surface area contributed by atoms with Crippen molar-refractivity contribution in [2.45, 2.75) is 60.5 Å². The Kier molecular flexibility index (Phi) is 9.28. The van der Waals surface area contributed by atoms with Crippen molar-refractivity contribution < 1.29 is 23.8 Å². The van der Waals surface area contributed by atoms with E-state index in [2.05, 4.69) is 32.0 Å². The Hall–Kier alpha value is -4.38. The Bertz CT molecular complexity index is 1520. The lowest BCUT2D eigenvalue weighted by molar-refractivity contribution is 0.0733. The highest BCUT2D eigenvalue weighted by molar-refractivity contribution is 5.97. The number of hydrogen-bond acceptors (Lipinski definition) is 5. The second kappa shape index (κ2) is 12.9. The minimum atomic E-state index is -0.437. The van der Waals surface area contributed by atoms with Crippen molar-refractivity contribution >= 4 is 11.8 Å². The van der Waals surface area contributed by atoms with E-state index in [1.165, 1.54) is 5.56 Å². The molecule has 4 aromatic rings. The van der Waals surface area contributed by atoms with Gasteiger partial charge >= 0.3 is 5.97 Å². The SMILES string of the molecule is Cc1cc(C(C)c2ccc(OC(C)C)c(C)c2)ccc1OC(=O)c1ccc(Oc2ccc(C(=O)C(C)C)cc2)cc1. The van der Waals surface area contributed by atoms with Crippen LogP contribution in [0, 0.1) is 19.8 Å². The first-order chi connectivity index (χ1) is 19.5. The summed E-state index contributed by atoms with van der Waals surface area (Å²) in [5.74, 6) is 2.39. The largest absolute Gasteiger partial charge is 0.491 e. The van der Waals surface area contributed by atoms with Gasteiger partial charge in [-0.25, -0.2) is 4.79 Å². The number of ketones is 1. The van der Waals surface area contributed by atoms with Crippen molar-refractivity contribution in [2.24, 2.45) is 5.92 Å². The Morgan fingerprint density at radius 3 is 1.56 bits per heavy atom. The van der Waals surface area contributed by atoms with Gasteiger partial charge in [0.05, 0.1) is 11.7 Å². The lowest BCUT2D eigenvalue weighted by Crippen LogP contribution is -2.09. The first kappa shape index (κ1) is 29.6. The molecule has 1 unspecified atom stereocenters. The molecule has 4 aromatic carbocycles. The summed E-state index contributed by atoms with van der Waals surface area (Å²) in [6, 6.07) is 26.1. The number of esters is 1. The molecule has 0 radical (unpaired) electrons. The fourth-order valence-electron chi connectivity index (χ4n) is 4.55. The van der Waals surface area contributed by atoms with E-state index in [4.69, 9.17) is 14.2 Å². The molecule has 0 amide bonds. The molecule has 0 aliphatic carbocycles. The highest BCUT2D eigenvalue weighted by Gasteiger charge is 2.16. The number of rotatable bonds is 10. The topological polar surface area (TPSA) is 61.8 Å². The molecule has 0 spiro atoms. The molecule has 41 heavy (non-hydrogen) atoms. The molecule has 0 N–H and O–H groups in total. The Labute approximate surface area is 243 Å². The summed E-state index contributed by atoms with van der Waals surface area (Å²) in [5, 5.41) is 0.